The molecule has 2 rings (SSSR count). The fourth-order valence-corrected chi connectivity index (χ4v) is 3.05. The Morgan fingerprint density at radius 1 is 1.53 bits per heavy atom. The van der Waals surface area contributed by atoms with Crippen molar-refractivity contribution in [3.05, 3.63) is 0 Å². The summed E-state index contributed by atoms with van der Waals surface area (Å²) in [5.41, 5.74) is 6.05. The van der Waals surface area contributed by atoms with Gasteiger partial charge in [0.05, 0.1) is 6.10 Å². The topological polar surface area (TPSA) is 59.6 Å². The Kier molecular flexibility index (Phi) is 5.07. The monoisotopic (exact) mass is 353 g/mol. The molecule has 1 aliphatic heterocycles. The Bertz CT molecular complexity index is 293. The van der Waals surface area contributed by atoms with E-state index in [0.29, 0.717) is 24.0 Å². The van der Waals surface area contributed by atoms with Crippen molar-refractivity contribution in [3.63, 3.8) is 0 Å². The number of halogens is 1. The molecule has 1 saturated carbocycles. The molecule has 100 valence electrons. The van der Waals surface area contributed by atoms with Gasteiger partial charge in [-0.25, -0.2) is 0 Å². The third-order valence-corrected chi connectivity index (χ3v) is 3.91. The Morgan fingerprint density at radius 2 is 2.24 bits per heavy atom. The summed E-state index contributed by atoms with van der Waals surface area (Å²) in [6.07, 6.45) is 2.59. The van der Waals surface area contributed by atoms with Crippen molar-refractivity contribution < 1.29 is 4.74 Å². The Labute approximate surface area is 121 Å². The predicted molar refractivity (Wildman–Crippen MR) is 80.7 cm³/mol. The van der Waals surface area contributed by atoms with E-state index in [0.717, 1.165) is 26.0 Å². The minimum atomic E-state index is 0. The van der Waals surface area contributed by atoms with E-state index < -0.39 is 0 Å². The fourth-order valence-electron chi connectivity index (χ4n) is 3.05. The first-order chi connectivity index (χ1) is 7.57. The van der Waals surface area contributed by atoms with E-state index in [1.54, 1.807) is 0 Å². The van der Waals surface area contributed by atoms with Gasteiger partial charge in [0.25, 0.3) is 0 Å². The summed E-state index contributed by atoms with van der Waals surface area (Å²) >= 11 is 0. The largest absolute Gasteiger partial charge is 0.377 e. The highest BCUT2D eigenvalue weighted by atomic mass is 127. The van der Waals surface area contributed by atoms with Gasteiger partial charge in [-0.05, 0) is 12.8 Å². The minimum Gasteiger partial charge on any atom is -0.377 e. The van der Waals surface area contributed by atoms with Crippen molar-refractivity contribution in [2.45, 2.75) is 45.8 Å². The molecular weight excluding hydrogens is 329 g/mol. The molecule has 0 bridgehead atoms. The molecular formula is C12H24IN3O. The molecule has 3 unspecified atom stereocenters. The van der Waals surface area contributed by atoms with Crippen LogP contribution in [0.5, 0.6) is 0 Å². The zero-order valence-electron chi connectivity index (χ0n) is 10.9. The minimum absolute atomic E-state index is 0. The van der Waals surface area contributed by atoms with Gasteiger partial charge in [0, 0.05) is 30.5 Å². The molecule has 0 aromatic rings. The highest BCUT2D eigenvalue weighted by Crippen LogP contribution is 2.51. The number of nitrogens with zero attached hydrogens (tertiary/aromatic N) is 1. The third kappa shape index (κ3) is 2.70. The lowest BCUT2D eigenvalue weighted by molar-refractivity contribution is -0.106. The number of aliphatic imine (C=N–C) groups is 1. The molecule has 0 aromatic carbocycles. The van der Waals surface area contributed by atoms with Gasteiger partial charge in [0.15, 0.2) is 5.96 Å². The molecule has 4 nitrogen and oxygen atoms in total. The number of nitrogens with one attached hydrogen (secondary N) is 1. The van der Waals surface area contributed by atoms with Gasteiger partial charge in [-0.15, -0.1) is 24.0 Å². The number of nitrogens with two attached hydrogens (primary N) is 1. The van der Waals surface area contributed by atoms with Crippen molar-refractivity contribution in [1.82, 2.24) is 5.32 Å². The molecule has 0 amide bonds. The zero-order chi connectivity index (χ0) is 11.8. The number of guanidine groups is 1. The van der Waals surface area contributed by atoms with Crippen LogP contribution in [-0.2, 0) is 4.74 Å². The average Bonchev–Trinajstić information content (AvgIpc) is 2.69. The quantitative estimate of drug-likeness (QED) is 0.462. The summed E-state index contributed by atoms with van der Waals surface area (Å²) < 4.78 is 5.74. The summed E-state index contributed by atoms with van der Waals surface area (Å²) in [6, 6.07) is 0.417. The van der Waals surface area contributed by atoms with E-state index in [9.17, 15) is 0 Å². The second-order valence-electron chi connectivity index (χ2n) is 5.45. The van der Waals surface area contributed by atoms with Crippen LogP contribution in [0.1, 0.15) is 33.6 Å². The molecule has 2 aliphatic rings. The van der Waals surface area contributed by atoms with Crippen molar-refractivity contribution >= 4 is 29.9 Å². The lowest BCUT2D eigenvalue weighted by Gasteiger charge is -2.54. The first-order valence-corrected chi connectivity index (χ1v) is 6.25. The number of ether oxygens (including phenoxy) is 1. The van der Waals surface area contributed by atoms with Crippen molar-refractivity contribution in [2.24, 2.45) is 22.1 Å². The molecule has 2 fully saturated rings. The number of fused-ring (bicyclic) bond motifs is 1. The van der Waals surface area contributed by atoms with E-state index in [2.05, 4.69) is 31.1 Å². The summed E-state index contributed by atoms with van der Waals surface area (Å²) in [4.78, 5) is 4.29. The first kappa shape index (κ1) is 15.0. The van der Waals surface area contributed by atoms with E-state index in [-0.39, 0.29) is 29.4 Å². The van der Waals surface area contributed by atoms with Crippen LogP contribution in [-0.4, -0.2) is 31.3 Å². The zero-order valence-corrected chi connectivity index (χ0v) is 13.2. The van der Waals surface area contributed by atoms with Gasteiger partial charge in [-0.3, -0.25) is 4.99 Å². The second-order valence-corrected chi connectivity index (χ2v) is 5.45. The molecule has 0 spiro atoms. The smallest absolute Gasteiger partial charge is 0.188 e. The lowest BCUT2D eigenvalue weighted by Crippen LogP contribution is -2.67. The maximum absolute atomic E-state index is 5.87. The van der Waals surface area contributed by atoms with Crippen molar-refractivity contribution in [2.75, 3.05) is 13.2 Å². The molecule has 1 heterocycles. The van der Waals surface area contributed by atoms with E-state index in [1.165, 1.54) is 0 Å². The maximum atomic E-state index is 5.87. The molecule has 5 heteroatoms. The van der Waals surface area contributed by atoms with Gasteiger partial charge in [-0.1, -0.05) is 20.8 Å². The van der Waals surface area contributed by atoms with Crippen LogP contribution in [0.3, 0.4) is 0 Å². The average molecular weight is 353 g/mol. The van der Waals surface area contributed by atoms with Gasteiger partial charge >= 0.3 is 0 Å². The van der Waals surface area contributed by atoms with E-state index in [4.69, 9.17) is 10.5 Å². The van der Waals surface area contributed by atoms with Crippen molar-refractivity contribution in [1.29, 1.82) is 0 Å². The standard InChI is InChI=1S/C12H23N3O.HI/c1-4-6-14-11(13)15-9-8-5-7-16-10(8)12(9,2)3;/h8-10H,4-7H2,1-3H3,(H3,13,14,15);1H. The lowest BCUT2D eigenvalue weighted by atomic mass is 9.57. The van der Waals surface area contributed by atoms with Gasteiger partial charge in [0.2, 0.25) is 0 Å². The number of rotatable bonds is 3. The molecule has 17 heavy (non-hydrogen) atoms. The normalized spacial score (nSPS) is 34.5. The van der Waals surface area contributed by atoms with Gasteiger partial charge in [-0.2, -0.15) is 0 Å². The summed E-state index contributed by atoms with van der Waals surface area (Å²) in [5, 5.41) is 3.36. The fraction of sp³-hybridized carbons (Fsp3) is 0.917. The molecule has 1 saturated heterocycles. The summed E-state index contributed by atoms with van der Waals surface area (Å²) in [5.74, 6) is 1.20. The number of hydrogen-bond donors (Lipinski definition) is 2. The van der Waals surface area contributed by atoms with Crippen LogP contribution in [0.15, 0.2) is 4.99 Å². The second kappa shape index (κ2) is 5.73. The maximum Gasteiger partial charge on any atom is 0.188 e. The molecule has 3 atom stereocenters. The van der Waals surface area contributed by atoms with Crippen LogP contribution >= 0.6 is 24.0 Å². The van der Waals surface area contributed by atoms with E-state index in [1.807, 2.05) is 0 Å². The first-order valence-electron chi connectivity index (χ1n) is 6.25. The van der Waals surface area contributed by atoms with Crippen molar-refractivity contribution in [3.8, 4) is 0 Å². The van der Waals surface area contributed by atoms with Crippen LogP contribution in [0.2, 0.25) is 0 Å². The van der Waals surface area contributed by atoms with Crippen LogP contribution in [0, 0.1) is 11.3 Å². The summed E-state index contributed by atoms with van der Waals surface area (Å²) in [6.45, 7) is 8.28. The highest BCUT2D eigenvalue weighted by molar-refractivity contribution is 14.0. The molecule has 3 N–H and O–H groups in total. The summed E-state index contributed by atoms with van der Waals surface area (Å²) in [7, 11) is 0. The molecule has 0 aromatic heterocycles. The van der Waals surface area contributed by atoms with Crippen LogP contribution in [0.4, 0.5) is 0 Å². The SMILES string of the molecule is CCCN=C(N)NC1C2CCOC2C1(C)C.I. The highest BCUT2D eigenvalue weighted by Gasteiger charge is 2.59. The van der Waals surface area contributed by atoms with Gasteiger partial charge < -0.3 is 15.8 Å². The molecule has 0 radical (unpaired) electrons. The Hall–Kier alpha value is -0.0400. The molecule has 1 aliphatic carbocycles. The van der Waals surface area contributed by atoms with Crippen LogP contribution < -0.4 is 11.1 Å². The van der Waals surface area contributed by atoms with E-state index >= 15 is 0 Å². The Morgan fingerprint density at radius 3 is 2.88 bits per heavy atom. The third-order valence-electron chi connectivity index (χ3n) is 3.91. The number of hydrogen-bond acceptors (Lipinski definition) is 2. The predicted octanol–water partition coefficient (Wildman–Crippen LogP) is 1.73. The Balaban J connectivity index is 0.00000144. The van der Waals surface area contributed by atoms with Gasteiger partial charge in [0.1, 0.15) is 0 Å². The van der Waals surface area contributed by atoms with Crippen LogP contribution in [0.25, 0.3) is 0 Å².